The van der Waals surface area contributed by atoms with Crippen LogP contribution in [0.4, 0.5) is 0 Å². The number of hydrogen-bond acceptors (Lipinski definition) is 9. The Balaban J connectivity index is 0.000000110. The number of aromatic nitrogens is 6. The fraction of sp³-hybridized carbons (Fsp3) is 0. The predicted octanol–water partition coefficient (Wildman–Crippen LogP) is 30.3. The molecule has 6 aromatic heterocycles. The van der Waals surface area contributed by atoms with Crippen LogP contribution in [0.5, 0.6) is 0 Å². The molecule has 117 heavy (non-hydrogen) atoms. The van der Waals surface area contributed by atoms with Gasteiger partial charge in [0.05, 0.1) is 44.8 Å². The molecule has 9 heteroatoms. The van der Waals surface area contributed by atoms with Gasteiger partial charge in [-0.05, 0) is 147 Å². The highest BCUT2D eigenvalue weighted by molar-refractivity contribution is 7.26. The zero-order valence-electron chi connectivity index (χ0n) is 63.2. The van der Waals surface area contributed by atoms with Gasteiger partial charge in [-0.2, -0.15) is 0 Å². The molecule has 17 aromatic carbocycles. The van der Waals surface area contributed by atoms with Gasteiger partial charge in [0.15, 0.2) is 11.6 Å². The van der Waals surface area contributed by atoms with Crippen LogP contribution >= 0.6 is 34.0 Å². The average Bonchev–Trinajstić information content (AvgIpc) is 1.62. The lowest BCUT2D eigenvalue weighted by Crippen LogP contribution is -1.95. The number of nitrogens with zero attached hydrogens (tertiary/aromatic N) is 6. The summed E-state index contributed by atoms with van der Waals surface area (Å²) in [7, 11) is 0. The van der Waals surface area contributed by atoms with Gasteiger partial charge in [0, 0.05) is 105 Å². The average molecular weight is 1550 g/mol. The van der Waals surface area contributed by atoms with Crippen molar-refractivity contribution in [3.05, 3.63) is 413 Å². The van der Waals surface area contributed by atoms with E-state index in [0.29, 0.717) is 0 Å². The minimum Gasteiger partial charge on any atom is -0.244 e. The molecule has 6 nitrogen and oxygen atoms in total. The second-order valence-corrected chi connectivity index (χ2v) is 32.4. The highest BCUT2D eigenvalue weighted by atomic mass is 32.1. The van der Waals surface area contributed by atoms with Crippen molar-refractivity contribution in [1.29, 1.82) is 0 Å². The molecule has 0 aliphatic carbocycles. The van der Waals surface area contributed by atoms with Crippen LogP contribution in [-0.2, 0) is 0 Å². The molecule has 6 heterocycles. The second-order valence-electron chi connectivity index (χ2n) is 29.2. The third kappa shape index (κ3) is 13.9. The number of thiophene rings is 3. The van der Waals surface area contributed by atoms with E-state index >= 15 is 0 Å². The number of hydrogen-bond donors (Lipinski definition) is 0. The molecule has 0 aliphatic rings. The van der Waals surface area contributed by atoms with Crippen molar-refractivity contribution >= 4 is 127 Å². The lowest BCUT2D eigenvalue weighted by atomic mass is 9.97. The van der Waals surface area contributed by atoms with Crippen LogP contribution in [0.25, 0.3) is 217 Å². The fourth-order valence-corrected chi connectivity index (χ4v) is 19.3. The zero-order chi connectivity index (χ0) is 77.5. The van der Waals surface area contributed by atoms with Crippen molar-refractivity contribution in [1.82, 2.24) is 29.9 Å². The van der Waals surface area contributed by atoms with Gasteiger partial charge >= 0.3 is 0 Å². The largest absolute Gasteiger partial charge is 0.244 e. The smallest absolute Gasteiger partial charge is 0.160 e. The maximum atomic E-state index is 5.15. The van der Waals surface area contributed by atoms with Gasteiger partial charge in [-0.1, -0.05) is 322 Å². The van der Waals surface area contributed by atoms with Crippen molar-refractivity contribution in [2.45, 2.75) is 0 Å². The first-order valence-corrected chi connectivity index (χ1v) is 41.6. The molecule has 23 rings (SSSR count). The first kappa shape index (κ1) is 70.3. The SMILES string of the molecule is c1ccc(-c2cccc(-c3ccc(-c4nc5ccccc5nc4-c4ccc5c(c4)sc4ccccc45)cc3)c2)cc1.c1ccc(-c2nc(-c3ccccc3)c3ccc(-c4ccc(-c5ccc6sc7ccccc7c6c5)cc4)cc3n2)cc1.c1ccc(-c2nc(-c3ccccc3)c3ccc(-c4ccc5sc6ccccc6c5c4)cc3n2)cc1. The minimum absolute atomic E-state index is 0.737. The van der Waals surface area contributed by atoms with Gasteiger partial charge in [-0.3, -0.25) is 0 Å². The normalized spacial score (nSPS) is 11.4. The molecule has 0 unspecified atom stereocenters. The molecule has 0 saturated carbocycles. The Bertz CT molecular complexity index is 7660. The van der Waals surface area contributed by atoms with E-state index in [2.05, 4.69) is 340 Å². The van der Waals surface area contributed by atoms with Gasteiger partial charge in [-0.15, -0.1) is 34.0 Å². The van der Waals surface area contributed by atoms with Crippen molar-refractivity contribution in [3.8, 4) is 123 Å². The third-order valence-electron chi connectivity index (χ3n) is 21.9. The second kappa shape index (κ2) is 30.7. The first-order valence-electron chi connectivity index (χ1n) is 39.2. The maximum Gasteiger partial charge on any atom is 0.160 e. The highest BCUT2D eigenvalue weighted by Crippen LogP contribution is 2.43. The fourth-order valence-electron chi connectivity index (χ4n) is 16.0. The van der Waals surface area contributed by atoms with Crippen LogP contribution in [0.2, 0.25) is 0 Å². The molecule has 0 N–H and O–H groups in total. The molecule has 0 atom stereocenters. The molecule has 0 amide bonds. The van der Waals surface area contributed by atoms with E-state index in [0.717, 1.165) is 112 Å². The summed E-state index contributed by atoms with van der Waals surface area (Å²) < 4.78 is 7.87. The number of fused-ring (bicyclic) bond motifs is 12. The summed E-state index contributed by atoms with van der Waals surface area (Å²) >= 11 is 5.53. The van der Waals surface area contributed by atoms with Gasteiger partial charge in [0.1, 0.15) is 0 Å². The Morgan fingerprint density at radius 2 is 0.410 bits per heavy atom. The maximum absolute atomic E-state index is 5.15. The summed E-state index contributed by atoms with van der Waals surface area (Å²) in [5.74, 6) is 1.48. The zero-order valence-corrected chi connectivity index (χ0v) is 65.6. The molecule has 0 saturated heterocycles. The Morgan fingerprint density at radius 1 is 0.128 bits per heavy atom. The lowest BCUT2D eigenvalue weighted by molar-refractivity contribution is 1.23. The van der Waals surface area contributed by atoms with Crippen LogP contribution in [-0.4, -0.2) is 29.9 Å². The van der Waals surface area contributed by atoms with Crippen LogP contribution in [0.15, 0.2) is 413 Å². The summed E-state index contributed by atoms with van der Waals surface area (Å²) in [5.41, 5.74) is 25.7. The Labute approximate surface area is 688 Å². The lowest BCUT2D eigenvalue weighted by Gasteiger charge is -2.12. The Hall–Kier alpha value is -14.6. The van der Waals surface area contributed by atoms with Crippen LogP contribution in [0.1, 0.15) is 0 Å². The number of rotatable bonds is 11. The minimum atomic E-state index is 0.737. The molecule has 0 fully saturated rings. The number of benzene rings is 17. The van der Waals surface area contributed by atoms with E-state index in [9.17, 15) is 0 Å². The van der Waals surface area contributed by atoms with E-state index < -0.39 is 0 Å². The molecule has 0 aliphatic heterocycles. The third-order valence-corrected chi connectivity index (χ3v) is 25.3. The quantitative estimate of drug-likeness (QED) is 0.128. The molecule has 0 bridgehead atoms. The van der Waals surface area contributed by atoms with Gasteiger partial charge < -0.3 is 0 Å². The molecule has 548 valence electrons. The summed E-state index contributed by atoms with van der Waals surface area (Å²) in [6.45, 7) is 0. The predicted molar refractivity (Wildman–Crippen MR) is 497 cm³/mol. The standard InChI is InChI=1S/2C38H24N2S.C32H20N2S/c1-3-9-27(10-4-1)37-32-21-19-30(24-34(32)39-38(40-37)28-11-5-2-6-12-28)26-17-15-25(16-18-26)29-20-22-36-33(23-29)31-13-7-8-14-35(31)41-36;1-2-9-25(10-3-1)28-11-8-12-29(23-28)26-17-19-27(20-18-26)37-38(40-34-15-6-5-14-33(34)39-37)30-21-22-32-31-13-4-7-16-35(31)41-36(32)24-30;1-3-9-21(10-4-1)31-26-17-15-24(20-28(26)33-32(34-31)22-11-5-2-6-12-22)23-16-18-30-27(19-23)25-13-7-8-14-29(25)35-30/h2*1-24H;1-20H. The van der Waals surface area contributed by atoms with Gasteiger partial charge in [0.25, 0.3) is 0 Å². The Morgan fingerprint density at radius 3 is 0.880 bits per heavy atom. The van der Waals surface area contributed by atoms with Gasteiger partial charge in [-0.25, -0.2) is 29.9 Å². The van der Waals surface area contributed by atoms with Crippen molar-refractivity contribution in [2.24, 2.45) is 0 Å². The highest BCUT2D eigenvalue weighted by Gasteiger charge is 2.20. The Kier molecular flexibility index (Phi) is 18.5. The van der Waals surface area contributed by atoms with Crippen LogP contribution in [0, 0.1) is 0 Å². The molecule has 0 spiro atoms. The van der Waals surface area contributed by atoms with Crippen molar-refractivity contribution in [2.75, 3.05) is 0 Å². The van der Waals surface area contributed by atoms with E-state index in [1.165, 1.54) is 105 Å². The molecule has 0 radical (unpaired) electrons. The van der Waals surface area contributed by atoms with E-state index in [4.69, 9.17) is 29.9 Å². The number of para-hydroxylation sites is 2. The van der Waals surface area contributed by atoms with E-state index in [-0.39, 0.29) is 0 Å². The molecular weight excluding hydrogens is 1480 g/mol. The van der Waals surface area contributed by atoms with Crippen molar-refractivity contribution < 1.29 is 0 Å². The van der Waals surface area contributed by atoms with Crippen LogP contribution < -0.4 is 0 Å². The molecular formula is C108H68N6S3. The summed E-state index contributed by atoms with van der Waals surface area (Å²) in [5, 5.41) is 9.96. The van der Waals surface area contributed by atoms with E-state index in [1.54, 1.807) is 0 Å². The monoisotopic (exact) mass is 1540 g/mol. The topological polar surface area (TPSA) is 77.3 Å². The summed E-state index contributed by atoms with van der Waals surface area (Å²) in [6.07, 6.45) is 0. The summed E-state index contributed by atoms with van der Waals surface area (Å²) in [6, 6.07) is 145. The molecule has 23 aromatic rings. The summed E-state index contributed by atoms with van der Waals surface area (Å²) in [4.78, 5) is 30.3. The van der Waals surface area contributed by atoms with Crippen molar-refractivity contribution in [3.63, 3.8) is 0 Å². The van der Waals surface area contributed by atoms with Gasteiger partial charge in [0.2, 0.25) is 0 Å². The van der Waals surface area contributed by atoms with Crippen LogP contribution in [0.3, 0.4) is 0 Å². The van der Waals surface area contributed by atoms with E-state index in [1.807, 2.05) is 107 Å². The first-order chi connectivity index (χ1) is 57.9.